The molecule has 0 bridgehead atoms. The number of nitrogens with zero attached hydrogens (tertiary/aromatic N) is 2. The van der Waals surface area contributed by atoms with E-state index in [-0.39, 0.29) is 35.8 Å². The number of amides is 1. The van der Waals surface area contributed by atoms with Crippen LogP contribution >= 0.6 is 24.0 Å². The summed E-state index contributed by atoms with van der Waals surface area (Å²) in [5.41, 5.74) is 0.935. The third-order valence-electron chi connectivity index (χ3n) is 5.05. The van der Waals surface area contributed by atoms with Gasteiger partial charge in [-0.3, -0.25) is 4.79 Å². The van der Waals surface area contributed by atoms with Gasteiger partial charge in [-0.25, -0.2) is 13.4 Å². The third-order valence-corrected chi connectivity index (χ3v) is 6.97. The van der Waals surface area contributed by atoms with Crippen LogP contribution in [-0.4, -0.2) is 57.3 Å². The minimum atomic E-state index is -3.38. The molecule has 0 atom stereocenters. The molecule has 0 radical (unpaired) electrons. The van der Waals surface area contributed by atoms with Crippen LogP contribution in [0.1, 0.15) is 38.2 Å². The minimum absolute atomic E-state index is 0. The van der Waals surface area contributed by atoms with E-state index in [4.69, 9.17) is 0 Å². The lowest BCUT2D eigenvalue weighted by Crippen LogP contribution is -2.41. The van der Waals surface area contributed by atoms with Crippen molar-refractivity contribution in [1.29, 1.82) is 0 Å². The Labute approximate surface area is 196 Å². The number of guanidine groups is 1. The van der Waals surface area contributed by atoms with Gasteiger partial charge in [0.05, 0.1) is 11.4 Å². The lowest BCUT2D eigenvalue weighted by atomic mass is 10.2. The zero-order chi connectivity index (χ0) is 20.7. The van der Waals surface area contributed by atoms with Gasteiger partial charge in [0.25, 0.3) is 0 Å². The number of halogens is 1. The summed E-state index contributed by atoms with van der Waals surface area (Å²) >= 11 is 0. The molecule has 1 amide bonds. The summed E-state index contributed by atoms with van der Waals surface area (Å²) in [6.07, 6.45) is 3.86. The molecule has 168 valence electrons. The van der Waals surface area contributed by atoms with E-state index in [0.29, 0.717) is 43.6 Å². The second kappa shape index (κ2) is 11.8. The molecule has 1 aromatic carbocycles. The highest BCUT2D eigenvalue weighted by atomic mass is 127. The normalized spacial score (nSPS) is 17.3. The SMILES string of the molecule is CCNC(=NCc1ccc(S(=O)(=O)N2CCCC2)cc1)NCCNC(=O)C1CC1.I. The Kier molecular flexibility index (Phi) is 9.82. The maximum absolute atomic E-state index is 12.6. The minimum Gasteiger partial charge on any atom is -0.357 e. The molecule has 0 spiro atoms. The van der Waals surface area contributed by atoms with E-state index in [2.05, 4.69) is 20.9 Å². The van der Waals surface area contributed by atoms with E-state index in [0.717, 1.165) is 37.8 Å². The van der Waals surface area contributed by atoms with Crippen LogP contribution in [0.3, 0.4) is 0 Å². The van der Waals surface area contributed by atoms with Crippen molar-refractivity contribution in [3.8, 4) is 0 Å². The number of carbonyl (C=O) groups excluding carboxylic acids is 1. The van der Waals surface area contributed by atoms with Crippen molar-refractivity contribution in [1.82, 2.24) is 20.3 Å². The highest BCUT2D eigenvalue weighted by Gasteiger charge is 2.29. The molecule has 1 heterocycles. The molecule has 2 fully saturated rings. The van der Waals surface area contributed by atoms with Crippen LogP contribution in [0, 0.1) is 5.92 Å². The molecule has 30 heavy (non-hydrogen) atoms. The van der Waals surface area contributed by atoms with Gasteiger partial charge >= 0.3 is 0 Å². The van der Waals surface area contributed by atoms with Crippen molar-refractivity contribution in [2.75, 3.05) is 32.7 Å². The van der Waals surface area contributed by atoms with Crippen molar-refractivity contribution >= 4 is 45.9 Å². The molecule has 1 aliphatic heterocycles. The van der Waals surface area contributed by atoms with Gasteiger partial charge in [0.2, 0.25) is 15.9 Å². The Morgan fingerprint density at radius 3 is 2.30 bits per heavy atom. The van der Waals surface area contributed by atoms with E-state index >= 15 is 0 Å². The predicted octanol–water partition coefficient (Wildman–Crippen LogP) is 1.67. The quantitative estimate of drug-likeness (QED) is 0.188. The van der Waals surface area contributed by atoms with Crippen LogP contribution in [-0.2, 0) is 21.4 Å². The summed E-state index contributed by atoms with van der Waals surface area (Å²) in [4.78, 5) is 16.5. The first-order valence-corrected chi connectivity index (χ1v) is 11.8. The number of hydrogen-bond donors (Lipinski definition) is 3. The number of nitrogens with one attached hydrogen (secondary N) is 3. The van der Waals surface area contributed by atoms with E-state index in [1.807, 2.05) is 19.1 Å². The Morgan fingerprint density at radius 1 is 1.07 bits per heavy atom. The van der Waals surface area contributed by atoms with Crippen LogP contribution < -0.4 is 16.0 Å². The summed E-state index contributed by atoms with van der Waals surface area (Å²) in [6.45, 7) is 5.52. The van der Waals surface area contributed by atoms with Crippen LogP contribution in [0.15, 0.2) is 34.2 Å². The fourth-order valence-electron chi connectivity index (χ4n) is 3.21. The number of hydrogen-bond acceptors (Lipinski definition) is 4. The molecule has 1 saturated carbocycles. The summed E-state index contributed by atoms with van der Waals surface area (Å²) in [6, 6.07) is 6.94. The zero-order valence-corrected chi connectivity index (χ0v) is 20.5. The van der Waals surface area contributed by atoms with Crippen LogP contribution in [0.25, 0.3) is 0 Å². The van der Waals surface area contributed by atoms with Crippen LogP contribution in [0.2, 0.25) is 0 Å². The fraction of sp³-hybridized carbons (Fsp3) is 0.600. The van der Waals surface area contributed by atoms with E-state index < -0.39 is 10.0 Å². The molecule has 1 aromatic rings. The number of carbonyl (C=O) groups is 1. The number of benzene rings is 1. The van der Waals surface area contributed by atoms with Crippen molar-refractivity contribution in [2.45, 2.75) is 44.0 Å². The molecule has 0 unspecified atom stereocenters. The number of aliphatic imine (C=N–C) groups is 1. The lowest BCUT2D eigenvalue weighted by molar-refractivity contribution is -0.122. The first-order chi connectivity index (χ1) is 14.0. The van der Waals surface area contributed by atoms with E-state index in [9.17, 15) is 13.2 Å². The Bertz CT molecular complexity index is 819. The van der Waals surface area contributed by atoms with Crippen molar-refractivity contribution in [3.63, 3.8) is 0 Å². The van der Waals surface area contributed by atoms with Gasteiger partial charge in [0.1, 0.15) is 0 Å². The topological polar surface area (TPSA) is 103 Å². The molecule has 3 rings (SSSR count). The van der Waals surface area contributed by atoms with Gasteiger partial charge in [0, 0.05) is 38.6 Å². The first-order valence-electron chi connectivity index (χ1n) is 10.4. The highest BCUT2D eigenvalue weighted by molar-refractivity contribution is 14.0. The zero-order valence-electron chi connectivity index (χ0n) is 17.4. The molecule has 2 aliphatic rings. The summed E-state index contributed by atoms with van der Waals surface area (Å²) in [5.74, 6) is 1.02. The van der Waals surface area contributed by atoms with Crippen molar-refractivity contribution < 1.29 is 13.2 Å². The standard InChI is InChI=1S/C20H31N5O3S.HI/c1-2-21-20(23-12-11-22-19(26)17-7-8-17)24-15-16-5-9-18(10-6-16)29(27,28)25-13-3-4-14-25;/h5-6,9-10,17H,2-4,7-8,11-15H2,1H3,(H,22,26)(H2,21,23,24);1H. The monoisotopic (exact) mass is 549 g/mol. The largest absolute Gasteiger partial charge is 0.357 e. The summed E-state index contributed by atoms with van der Waals surface area (Å²) in [7, 11) is -3.38. The average Bonchev–Trinajstić information content (AvgIpc) is 3.42. The van der Waals surface area contributed by atoms with Crippen molar-refractivity contribution in [3.05, 3.63) is 29.8 Å². The molecule has 1 saturated heterocycles. The van der Waals surface area contributed by atoms with Gasteiger partial charge in [-0.2, -0.15) is 4.31 Å². The van der Waals surface area contributed by atoms with Gasteiger partial charge in [-0.15, -0.1) is 24.0 Å². The first kappa shape index (κ1) is 24.9. The molecule has 10 heteroatoms. The van der Waals surface area contributed by atoms with Crippen LogP contribution in [0.4, 0.5) is 0 Å². The summed E-state index contributed by atoms with van der Waals surface area (Å²) < 4.78 is 26.7. The van der Waals surface area contributed by atoms with Crippen molar-refractivity contribution in [2.24, 2.45) is 10.9 Å². The van der Waals surface area contributed by atoms with Crippen LogP contribution in [0.5, 0.6) is 0 Å². The molecular formula is C20H32IN5O3S. The van der Waals surface area contributed by atoms with E-state index in [1.165, 1.54) is 0 Å². The van der Waals surface area contributed by atoms with E-state index in [1.54, 1.807) is 16.4 Å². The second-order valence-electron chi connectivity index (χ2n) is 7.44. The number of rotatable bonds is 9. The van der Waals surface area contributed by atoms with Gasteiger partial charge in [-0.05, 0) is 50.3 Å². The molecule has 1 aliphatic carbocycles. The predicted molar refractivity (Wildman–Crippen MR) is 128 cm³/mol. The Balaban J connectivity index is 0.00000320. The fourth-order valence-corrected chi connectivity index (χ4v) is 4.73. The third kappa shape index (κ3) is 7.09. The number of sulfonamides is 1. The second-order valence-corrected chi connectivity index (χ2v) is 9.38. The highest BCUT2D eigenvalue weighted by Crippen LogP contribution is 2.28. The Morgan fingerprint density at radius 2 is 1.70 bits per heavy atom. The average molecular weight is 549 g/mol. The molecular weight excluding hydrogens is 517 g/mol. The maximum Gasteiger partial charge on any atom is 0.243 e. The molecule has 8 nitrogen and oxygen atoms in total. The van der Waals surface area contributed by atoms with Gasteiger partial charge < -0.3 is 16.0 Å². The molecule has 3 N–H and O–H groups in total. The van der Waals surface area contributed by atoms with Gasteiger partial charge in [-0.1, -0.05) is 12.1 Å². The maximum atomic E-state index is 12.6. The summed E-state index contributed by atoms with van der Waals surface area (Å²) in [5, 5.41) is 9.29. The molecule has 0 aromatic heterocycles. The smallest absolute Gasteiger partial charge is 0.243 e. The lowest BCUT2D eigenvalue weighted by Gasteiger charge is -2.15. The Hall–Kier alpha value is -1.40. The van der Waals surface area contributed by atoms with Gasteiger partial charge in [0.15, 0.2) is 5.96 Å².